The maximum Gasteiger partial charge on any atom is 0.192 e. The second-order valence-electron chi connectivity index (χ2n) is 11.1. The third-order valence-corrected chi connectivity index (χ3v) is 11.8. The van der Waals surface area contributed by atoms with Crippen LogP contribution in [-0.4, -0.2) is 48.3 Å². The fourth-order valence-corrected chi connectivity index (χ4v) is 4.76. The number of carbonyl (C=O) groups is 1. The van der Waals surface area contributed by atoms with Crippen molar-refractivity contribution in [1.82, 2.24) is 0 Å². The SMILES string of the molecule is CC[C@@H](O[Si](C)(C)C(C)(C)C)/C(C)=C/C(=O)C[C@H](C)COCOCC[Si](C)(C)C. The fourth-order valence-electron chi connectivity index (χ4n) is 2.58. The van der Waals surface area contributed by atoms with E-state index in [-0.39, 0.29) is 22.8 Å². The number of ether oxygens (including phenoxy) is 2. The van der Waals surface area contributed by atoms with Gasteiger partial charge in [-0.1, -0.05) is 54.3 Å². The van der Waals surface area contributed by atoms with Crippen molar-refractivity contribution in [2.75, 3.05) is 20.0 Å². The van der Waals surface area contributed by atoms with Gasteiger partial charge in [0.2, 0.25) is 0 Å². The average Bonchev–Trinajstić information content (AvgIpc) is 2.53. The summed E-state index contributed by atoms with van der Waals surface area (Å²) >= 11 is 0. The van der Waals surface area contributed by atoms with Gasteiger partial charge in [0.05, 0.1) is 12.7 Å². The normalized spacial score (nSPS) is 16.0. The molecule has 29 heavy (non-hydrogen) atoms. The van der Waals surface area contributed by atoms with Gasteiger partial charge < -0.3 is 13.9 Å². The first-order valence-electron chi connectivity index (χ1n) is 11.1. The van der Waals surface area contributed by atoms with E-state index < -0.39 is 16.4 Å². The summed E-state index contributed by atoms with van der Waals surface area (Å²) in [6.45, 7) is 26.1. The van der Waals surface area contributed by atoms with Crippen molar-refractivity contribution in [3.63, 3.8) is 0 Å². The molecule has 0 spiro atoms. The van der Waals surface area contributed by atoms with Gasteiger partial charge in [-0.05, 0) is 55.1 Å². The number of carbonyl (C=O) groups excluding carboxylic acids is 1. The maximum absolute atomic E-state index is 12.5. The Labute approximate surface area is 182 Å². The molecule has 0 unspecified atom stereocenters. The van der Waals surface area contributed by atoms with E-state index in [1.54, 1.807) is 6.08 Å². The van der Waals surface area contributed by atoms with Gasteiger partial charge in [0.15, 0.2) is 14.1 Å². The first-order chi connectivity index (χ1) is 13.1. The Balaban J connectivity index is 4.44. The molecule has 0 aromatic heterocycles. The molecule has 0 aliphatic heterocycles. The van der Waals surface area contributed by atoms with Crippen molar-refractivity contribution in [1.29, 1.82) is 0 Å². The summed E-state index contributed by atoms with van der Waals surface area (Å²) in [5.41, 5.74) is 1.03. The quantitative estimate of drug-likeness (QED) is 0.130. The molecule has 0 aromatic carbocycles. The summed E-state index contributed by atoms with van der Waals surface area (Å²) in [5, 5.41) is 0.160. The second kappa shape index (κ2) is 12.5. The Hall–Kier alpha value is -0.276. The van der Waals surface area contributed by atoms with Crippen LogP contribution in [0.3, 0.4) is 0 Å². The monoisotopic (exact) mass is 444 g/mol. The van der Waals surface area contributed by atoms with Crippen LogP contribution in [0.15, 0.2) is 11.6 Å². The molecule has 0 radical (unpaired) electrons. The van der Waals surface area contributed by atoms with E-state index in [9.17, 15) is 4.79 Å². The molecule has 0 rings (SSSR count). The molecule has 0 bridgehead atoms. The Morgan fingerprint density at radius 3 is 2.14 bits per heavy atom. The highest BCUT2D eigenvalue weighted by Gasteiger charge is 2.39. The van der Waals surface area contributed by atoms with Crippen LogP contribution in [0.5, 0.6) is 0 Å². The van der Waals surface area contributed by atoms with Crippen molar-refractivity contribution in [2.24, 2.45) is 5.92 Å². The van der Waals surface area contributed by atoms with Gasteiger partial charge in [-0.25, -0.2) is 0 Å². The number of hydrogen-bond donors (Lipinski definition) is 0. The van der Waals surface area contributed by atoms with Gasteiger partial charge in [-0.2, -0.15) is 0 Å². The van der Waals surface area contributed by atoms with Crippen LogP contribution in [0.25, 0.3) is 0 Å². The van der Waals surface area contributed by atoms with Crippen LogP contribution in [0.2, 0.25) is 43.8 Å². The smallest absolute Gasteiger partial charge is 0.192 e. The van der Waals surface area contributed by atoms with E-state index in [0.29, 0.717) is 19.8 Å². The topological polar surface area (TPSA) is 44.8 Å². The minimum absolute atomic E-state index is 0.0196. The molecule has 0 saturated carbocycles. The highest BCUT2D eigenvalue weighted by molar-refractivity contribution is 6.76. The summed E-state index contributed by atoms with van der Waals surface area (Å²) in [5.74, 6) is 0.323. The first-order valence-corrected chi connectivity index (χ1v) is 17.7. The second-order valence-corrected chi connectivity index (χ2v) is 21.5. The molecular weight excluding hydrogens is 396 g/mol. The maximum atomic E-state index is 12.5. The summed E-state index contributed by atoms with van der Waals surface area (Å²) < 4.78 is 17.7. The number of allylic oxidation sites excluding steroid dienone is 1. The molecule has 0 fully saturated rings. The van der Waals surface area contributed by atoms with Crippen LogP contribution in [0.1, 0.15) is 54.4 Å². The van der Waals surface area contributed by atoms with Gasteiger partial charge in [-0.15, -0.1) is 0 Å². The zero-order valence-electron chi connectivity index (χ0n) is 21.1. The van der Waals surface area contributed by atoms with Gasteiger partial charge in [0.25, 0.3) is 0 Å². The molecule has 172 valence electrons. The van der Waals surface area contributed by atoms with Gasteiger partial charge in [-0.3, -0.25) is 4.79 Å². The van der Waals surface area contributed by atoms with E-state index in [0.717, 1.165) is 24.6 Å². The number of hydrogen-bond acceptors (Lipinski definition) is 4. The molecule has 0 heterocycles. The molecular formula is C23H48O4Si2. The van der Waals surface area contributed by atoms with Crippen molar-refractivity contribution < 1.29 is 18.7 Å². The van der Waals surface area contributed by atoms with Crippen LogP contribution in [-0.2, 0) is 18.7 Å². The van der Waals surface area contributed by atoms with Crippen LogP contribution < -0.4 is 0 Å². The minimum Gasteiger partial charge on any atom is -0.410 e. The standard InChI is InChI=1S/C23H48O4Si2/c1-12-22(27-29(10,11)23(4,5)6)20(3)16-21(24)15-19(2)17-26-18-25-13-14-28(7,8)9/h16,19,22H,12-15,17-18H2,1-11H3/b20-16+/t19-,22+/m0/s1. The fraction of sp³-hybridized carbons (Fsp3) is 0.870. The van der Waals surface area contributed by atoms with Crippen molar-refractivity contribution >= 4 is 22.2 Å². The molecule has 0 aliphatic rings. The molecule has 4 nitrogen and oxygen atoms in total. The van der Waals surface area contributed by atoms with Crippen LogP contribution >= 0.6 is 0 Å². The molecule has 2 atom stereocenters. The average molecular weight is 445 g/mol. The highest BCUT2D eigenvalue weighted by Crippen LogP contribution is 2.38. The highest BCUT2D eigenvalue weighted by atomic mass is 28.4. The van der Waals surface area contributed by atoms with Gasteiger partial charge in [0, 0.05) is 21.1 Å². The van der Waals surface area contributed by atoms with Crippen molar-refractivity contribution in [3.8, 4) is 0 Å². The molecule has 0 N–H and O–H groups in total. The van der Waals surface area contributed by atoms with E-state index >= 15 is 0 Å². The lowest BCUT2D eigenvalue weighted by atomic mass is 10.0. The Morgan fingerprint density at radius 2 is 1.66 bits per heavy atom. The molecule has 6 heteroatoms. The van der Waals surface area contributed by atoms with E-state index in [2.05, 4.69) is 60.4 Å². The predicted molar refractivity (Wildman–Crippen MR) is 130 cm³/mol. The molecule has 0 amide bonds. The van der Waals surface area contributed by atoms with E-state index in [1.807, 2.05) is 13.8 Å². The van der Waals surface area contributed by atoms with Crippen molar-refractivity contribution in [2.45, 2.75) is 104 Å². The first kappa shape index (κ1) is 28.7. The van der Waals surface area contributed by atoms with Gasteiger partial charge in [0.1, 0.15) is 6.79 Å². The Morgan fingerprint density at radius 1 is 1.07 bits per heavy atom. The van der Waals surface area contributed by atoms with Gasteiger partial charge >= 0.3 is 0 Å². The molecule has 0 aromatic rings. The lowest BCUT2D eigenvalue weighted by Gasteiger charge is -2.39. The predicted octanol–water partition coefficient (Wildman–Crippen LogP) is 6.66. The summed E-state index contributed by atoms with van der Waals surface area (Å²) in [7, 11) is -2.91. The number of rotatable bonds is 14. The summed E-state index contributed by atoms with van der Waals surface area (Å²) in [6, 6.07) is 1.14. The number of ketones is 1. The summed E-state index contributed by atoms with van der Waals surface area (Å²) in [4.78, 5) is 12.5. The Kier molecular flexibility index (Phi) is 12.4. The molecule has 0 saturated heterocycles. The van der Waals surface area contributed by atoms with Crippen molar-refractivity contribution in [3.05, 3.63) is 11.6 Å². The third kappa shape index (κ3) is 12.9. The van der Waals surface area contributed by atoms with Crippen LogP contribution in [0.4, 0.5) is 0 Å². The minimum atomic E-state index is -1.86. The van der Waals surface area contributed by atoms with E-state index in [4.69, 9.17) is 13.9 Å². The lowest BCUT2D eigenvalue weighted by molar-refractivity contribution is -0.116. The largest absolute Gasteiger partial charge is 0.410 e. The summed E-state index contributed by atoms with van der Waals surface area (Å²) in [6.07, 6.45) is 3.17. The molecule has 0 aliphatic carbocycles. The van der Waals surface area contributed by atoms with Crippen LogP contribution in [0, 0.1) is 5.92 Å². The Bertz CT molecular complexity index is 516. The lowest BCUT2D eigenvalue weighted by Crippen LogP contribution is -2.44. The zero-order valence-corrected chi connectivity index (χ0v) is 23.1. The van der Waals surface area contributed by atoms with E-state index in [1.165, 1.54) is 0 Å². The zero-order chi connectivity index (χ0) is 22.9. The third-order valence-electron chi connectivity index (χ3n) is 5.63.